The van der Waals surface area contributed by atoms with Crippen LogP contribution in [0.5, 0.6) is 0 Å². The fourth-order valence-corrected chi connectivity index (χ4v) is 12.3. The molecule has 31 heavy (non-hydrogen) atoms. The van der Waals surface area contributed by atoms with Gasteiger partial charge in [0.25, 0.3) is 0 Å². The quantitative estimate of drug-likeness (QED) is 0.110. The summed E-state index contributed by atoms with van der Waals surface area (Å²) >= 11 is 1.76. The van der Waals surface area contributed by atoms with E-state index in [0.29, 0.717) is 0 Å². The number of para-hydroxylation sites is 1. The van der Waals surface area contributed by atoms with Gasteiger partial charge < -0.3 is 9.47 Å². The van der Waals surface area contributed by atoms with E-state index in [-0.39, 0.29) is 11.0 Å². The molecule has 1 atom stereocenters. The van der Waals surface area contributed by atoms with E-state index in [1.165, 1.54) is 56.1 Å². The molecule has 0 fully saturated rings. The largest absolute Gasteiger partial charge is 0.354 e. The smallest absolute Gasteiger partial charge is 0.172 e. The van der Waals surface area contributed by atoms with Crippen LogP contribution in [0.1, 0.15) is 78.1 Å². The highest BCUT2D eigenvalue weighted by molar-refractivity contribution is 9.26. The minimum absolute atomic E-state index is 0.0302. The predicted molar refractivity (Wildman–Crippen MR) is 146 cm³/mol. The fourth-order valence-electron chi connectivity index (χ4n) is 3.70. The van der Waals surface area contributed by atoms with Crippen molar-refractivity contribution in [1.29, 1.82) is 0 Å². The van der Waals surface area contributed by atoms with Gasteiger partial charge >= 0.3 is 0 Å². The third-order valence-electron chi connectivity index (χ3n) is 5.52. The number of benzene rings is 1. The maximum absolute atomic E-state index is 5.75. The number of hydrogen-bond donors (Lipinski definition) is 0. The van der Waals surface area contributed by atoms with E-state index in [9.17, 15) is 0 Å². The predicted octanol–water partition coefficient (Wildman–Crippen LogP) is 9.63. The Morgan fingerprint density at radius 2 is 1.61 bits per heavy atom. The first-order chi connectivity index (χ1) is 15.2. The Balaban J connectivity index is 1.80. The van der Waals surface area contributed by atoms with E-state index >= 15 is 0 Å². The molecule has 3 nitrogen and oxygen atoms in total. The van der Waals surface area contributed by atoms with Crippen LogP contribution in [0.4, 0.5) is 0 Å². The van der Waals surface area contributed by atoms with Crippen molar-refractivity contribution in [2.45, 2.75) is 93.4 Å². The molecule has 0 spiro atoms. The molecule has 0 N–H and O–H groups in total. The second-order valence-corrected chi connectivity index (χ2v) is 15.1. The highest BCUT2D eigenvalue weighted by Gasteiger charge is 2.39. The number of ether oxygens (including phenoxy) is 2. The van der Waals surface area contributed by atoms with Crippen LogP contribution in [-0.4, -0.2) is 30.2 Å². The molecule has 0 radical (unpaired) electrons. The van der Waals surface area contributed by atoms with Crippen LogP contribution in [0.2, 0.25) is 0 Å². The van der Waals surface area contributed by atoms with Crippen LogP contribution >= 0.6 is 52.6 Å². The molecule has 0 bridgehead atoms. The maximum Gasteiger partial charge on any atom is 0.172 e. The van der Waals surface area contributed by atoms with Gasteiger partial charge in [-0.25, -0.2) is 4.98 Å². The number of aromatic nitrogens is 1. The van der Waals surface area contributed by atoms with Gasteiger partial charge in [-0.05, 0) is 55.4 Å². The molecule has 8 heteroatoms. The zero-order chi connectivity index (χ0) is 22.4. The van der Waals surface area contributed by atoms with Gasteiger partial charge in [-0.1, -0.05) is 88.1 Å². The van der Waals surface area contributed by atoms with Crippen LogP contribution in [0.25, 0.3) is 10.2 Å². The van der Waals surface area contributed by atoms with Gasteiger partial charge in [0, 0.05) is 14.2 Å². The molecule has 0 saturated carbocycles. The molecule has 0 aliphatic carbocycles. The minimum Gasteiger partial charge on any atom is -0.354 e. The monoisotopic (exact) mass is 519 g/mol. The molecule has 0 amide bonds. The van der Waals surface area contributed by atoms with Crippen LogP contribution < -0.4 is 0 Å². The molecule has 0 aliphatic rings. The lowest BCUT2D eigenvalue weighted by Crippen LogP contribution is -2.40. The zero-order valence-electron chi connectivity index (χ0n) is 19.3. The second kappa shape index (κ2) is 16.1. The Kier molecular flexibility index (Phi) is 14.4. The second-order valence-electron chi connectivity index (χ2n) is 7.70. The zero-order valence-corrected chi connectivity index (χ0v) is 23.3. The van der Waals surface area contributed by atoms with E-state index in [2.05, 4.69) is 32.0 Å². The summed E-state index contributed by atoms with van der Waals surface area (Å²) in [6.07, 6.45) is 12.7. The number of rotatable bonds is 18. The van der Waals surface area contributed by atoms with E-state index < -0.39 is 0 Å². The molecular formula is C23H37NO2S5. The Morgan fingerprint density at radius 1 is 0.935 bits per heavy atom. The van der Waals surface area contributed by atoms with Gasteiger partial charge in [-0.15, -0.1) is 11.3 Å². The summed E-state index contributed by atoms with van der Waals surface area (Å²) < 4.78 is 13.8. The Labute approximate surface area is 208 Å². The van der Waals surface area contributed by atoms with Crippen LogP contribution in [0.15, 0.2) is 28.6 Å². The summed E-state index contributed by atoms with van der Waals surface area (Å²) in [6, 6.07) is 8.33. The van der Waals surface area contributed by atoms with Gasteiger partial charge in [0.2, 0.25) is 0 Å². The van der Waals surface area contributed by atoms with Crippen molar-refractivity contribution in [3.63, 3.8) is 0 Å². The first-order valence-corrected chi connectivity index (χ1v) is 16.9. The van der Waals surface area contributed by atoms with Crippen molar-refractivity contribution in [2.75, 3.05) is 14.2 Å². The number of unbranched alkanes of at least 4 members (excludes halogenated alkanes) is 7. The van der Waals surface area contributed by atoms with Gasteiger partial charge in [0.05, 0.1) is 15.0 Å². The highest BCUT2D eigenvalue weighted by atomic mass is 33.7. The minimum atomic E-state index is -0.187. The van der Waals surface area contributed by atoms with Crippen LogP contribution in [-0.2, 0) is 9.47 Å². The highest BCUT2D eigenvalue weighted by Crippen LogP contribution is 2.55. The van der Waals surface area contributed by atoms with Crippen LogP contribution in [0, 0.1) is 0 Å². The summed E-state index contributed by atoms with van der Waals surface area (Å²) in [6.45, 7) is 4.53. The summed E-state index contributed by atoms with van der Waals surface area (Å²) in [5, 5.41) is 0. The molecule has 1 unspecified atom stereocenters. The van der Waals surface area contributed by atoms with E-state index in [0.717, 1.165) is 22.7 Å². The molecule has 1 heterocycles. The molecule has 0 aliphatic heterocycles. The molecule has 176 valence electrons. The maximum atomic E-state index is 5.75. The lowest BCUT2D eigenvalue weighted by Gasteiger charge is -2.37. The third-order valence-corrected chi connectivity index (χ3v) is 13.9. The van der Waals surface area contributed by atoms with Gasteiger partial charge in [-0.3, -0.25) is 0 Å². The third kappa shape index (κ3) is 9.30. The lowest BCUT2D eigenvalue weighted by atomic mass is 9.96. The first kappa shape index (κ1) is 27.7. The number of methoxy groups -OCH3 is 2. The summed E-state index contributed by atoms with van der Waals surface area (Å²) in [5.74, 6) is 0. The standard InChI is InChI=1S/C23H37NO2S5/c1-5-7-8-9-10-11-12-15-18-23(6-2,21(25-3)26-4)29-31-30-28-22-24-19-16-13-14-17-20(19)27-22/h13-14,16-17,21H,5-12,15,18H2,1-4H3. The van der Waals surface area contributed by atoms with Gasteiger partial charge in [-0.2, -0.15) is 0 Å². The average molecular weight is 520 g/mol. The van der Waals surface area contributed by atoms with E-state index in [4.69, 9.17) is 14.5 Å². The van der Waals surface area contributed by atoms with E-state index in [1.54, 1.807) is 46.2 Å². The topological polar surface area (TPSA) is 31.4 Å². The van der Waals surface area contributed by atoms with Crippen molar-refractivity contribution < 1.29 is 9.47 Å². The molecule has 2 aromatic rings. The van der Waals surface area contributed by atoms with Crippen molar-refractivity contribution in [3.05, 3.63) is 24.3 Å². The summed E-state index contributed by atoms with van der Waals surface area (Å²) in [4.78, 5) is 4.72. The number of thiazole rings is 1. The molecule has 0 saturated heterocycles. The first-order valence-electron chi connectivity index (χ1n) is 11.3. The summed E-state index contributed by atoms with van der Waals surface area (Å²) in [5.41, 5.74) is 1.09. The number of nitrogens with zero attached hydrogens (tertiary/aromatic N) is 1. The Morgan fingerprint density at radius 3 is 2.26 bits per heavy atom. The molecule has 2 rings (SSSR count). The van der Waals surface area contributed by atoms with E-state index in [1.807, 2.05) is 26.7 Å². The fraction of sp³-hybridized carbons (Fsp3) is 0.696. The van der Waals surface area contributed by atoms with Gasteiger partial charge in [0.15, 0.2) is 10.6 Å². The van der Waals surface area contributed by atoms with Crippen molar-refractivity contribution in [3.8, 4) is 0 Å². The number of hydrogen-bond acceptors (Lipinski definition) is 8. The van der Waals surface area contributed by atoms with Crippen molar-refractivity contribution in [2.24, 2.45) is 0 Å². The van der Waals surface area contributed by atoms with Crippen molar-refractivity contribution >= 4 is 62.8 Å². The van der Waals surface area contributed by atoms with Gasteiger partial charge in [0.1, 0.15) is 0 Å². The molecular weight excluding hydrogens is 483 g/mol. The SMILES string of the molecule is CCCCCCCCCCC(CC)(SSSSc1nc2ccccc2s1)C(OC)OC. The molecule has 1 aromatic heterocycles. The normalized spacial score (nSPS) is 13.8. The lowest BCUT2D eigenvalue weighted by molar-refractivity contribution is -0.127. The van der Waals surface area contributed by atoms with Crippen LogP contribution in [0.3, 0.4) is 0 Å². The molecule has 1 aromatic carbocycles. The average Bonchev–Trinajstić information content (AvgIpc) is 3.21. The Bertz CT molecular complexity index is 692. The van der Waals surface area contributed by atoms with Crippen molar-refractivity contribution in [1.82, 2.24) is 4.98 Å². The Hall–Kier alpha value is 0.430. The summed E-state index contributed by atoms with van der Waals surface area (Å²) in [7, 11) is 10.8. The number of fused-ring (bicyclic) bond motifs is 1.